The van der Waals surface area contributed by atoms with E-state index in [0.29, 0.717) is 6.54 Å². The average Bonchev–Trinajstić information content (AvgIpc) is 3.28. The molecule has 1 amide bonds. The normalized spacial score (nSPS) is 11.1. The van der Waals surface area contributed by atoms with Crippen LogP contribution in [0.4, 0.5) is 5.13 Å². The Morgan fingerprint density at radius 2 is 1.97 bits per heavy atom. The molecule has 154 valence electrons. The van der Waals surface area contributed by atoms with Crippen molar-refractivity contribution in [3.05, 3.63) is 69.8 Å². The van der Waals surface area contributed by atoms with Gasteiger partial charge in [0.25, 0.3) is 0 Å². The van der Waals surface area contributed by atoms with Crippen molar-refractivity contribution in [2.45, 2.75) is 20.4 Å². The molecule has 0 unspecified atom stereocenters. The van der Waals surface area contributed by atoms with Gasteiger partial charge in [0, 0.05) is 18.1 Å². The fraction of sp³-hybridized carbons (Fsp3) is 0.227. The molecule has 0 saturated heterocycles. The molecule has 2 heterocycles. The molecule has 6 nitrogen and oxygen atoms in total. The molecule has 1 N–H and O–H groups in total. The Balaban J connectivity index is 1.48. The smallest absolute Gasteiger partial charge is 0.239 e. The van der Waals surface area contributed by atoms with Gasteiger partial charge in [0.2, 0.25) is 5.91 Å². The van der Waals surface area contributed by atoms with Crippen molar-refractivity contribution >= 4 is 48.7 Å². The van der Waals surface area contributed by atoms with Gasteiger partial charge in [-0.05, 0) is 43.7 Å². The second kappa shape index (κ2) is 8.57. The molecule has 0 bridgehead atoms. The lowest BCUT2D eigenvalue weighted by Gasteiger charge is -2.15. The van der Waals surface area contributed by atoms with Crippen LogP contribution in [0, 0.1) is 13.8 Å². The summed E-state index contributed by atoms with van der Waals surface area (Å²) in [6.07, 6.45) is 0. The summed E-state index contributed by atoms with van der Waals surface area (Å²) in [5.74, 6) is -0.0476. The van der Waals surface area contributed by atoms with Crippen molar-refractivity contribution in [2.24, 2.45) is 0 Å². The van der Waals surface area contributed by atoms with Crippen molar-refractivity contribution in [1.82, 2.24) is 20.1 Å². The number of likely N-dealkylation sites (N-methyl/N-ethyl adjacent to an activating group) is 1. The van der Waals surface area contributed by atoms with Gasteiger partial charge >= 0.3 is 0 Å². The van der Waals surface area contributed by atoms with Crippen molar-refractivity contribution in [3.63, 3.8) is 0 Å². The molecule has 0 aliphatic carbocycles. The van der Waals surface area contributed by atoms with Crippen LogP contribution in [-0.2, 0) is 11.3 Å². The van der Waals surface area contributed by atoms with E-state index in [0.717, 1.165) is 36.9 Å². The first-order valence-electron chi connectivity index (χ1n) is 9.56. The number of nitrogens with zero attached hydrogens (tertiary/aromatic N) is 4. The van der Waals surface area contributed by atoms with E-state index in [2.05, 4.69) is 45.4 Å². The van der Waals surface area contributed by atoms with Gasteiger partial charge in [0.05, 0.1) is 22.6 Å². The summed E-state index contributed by atoms with van der Waals surface area (Å²) in [7, 11) is 1.88. The molecular formula is C22H22BrN5OS. The number of anilines is 1. The molecule has 4 aromatic rings. The molecule has 30 heavy (non-hydrogen) atoms. The largest absolute Gasteiger partial charge is 0.350 e. The second-order valence-corrected chi connectivity index (χ2v) is 9.14. The Morgan fingerprint density at radius 3 is 2.70 bits per heavy atom. The molecule has 2 aromatic heterocycles. The third-order valence-corrected chi connectivity index (χ3v) is 6.50. The average molecular weight is 484 g/mol. The van der Waals surface area contributed by atoms with Gasteiger partial charge in [-0.1, -0.05) is 57.1 Å². The second-order valence-electron chi connectivity index (χ2n) is 7.24. The van der Waals surface area contributed by atoms with E-state index in [1.54, 1.807) is 11.3 Å². The van der Waals surface area contributed by atoms with Crippen LogP contribution in [-0.4, -0.2) is 34.3 Å². The van der Waals surface area contributed by atoms with Crippen LogP contribution in [0.1, 0.15) is 16.8 Å². The standard InChI is InChI=1S/C22H22BrN5OS/c1-14-7-9-18(10-8-14)28-21-20(15(2)26-28)30-22(25-21)27(3)13-19(29)24-12-16-5-4-6-17(23)11-16/h4-11H,12-13H2,1-3H3,(H,24,29). The maximum Gasteiger partial charge on any atom is 0.239 e. The first kappa shape index (κ1) is 20.6. The van der Waals surface area contributed by atoms with E-state index < -0.39 is 0 Å². The first-order chi connectivity index (χ1) is 14.4. The van der Waals surface area contributed by atoms with E-state index >= 15 is 0 Å². The summed E-state index contributed by atoms with van der Waals surface area (Å²) < 4.78 is 3.90. The minimum Gasteiger partial charge on any atom is -0.350 e. The van der Waals surface area contributed by atoms with Gasteiger partial charge in [-0.3, -0.25) is 4.79 Å². The highest BCUT2D eigenvalue weighted by atomic mass is 79.9. The summed E-state index contributed by atoms with van der Waals surface area (Å²) in [4.78, 5) is 19.1. The van der Waals surface area contributed by atoms with Crippen LogP contribution in [0.3, 0.4) is 0 Å². The minimum atomic E-state index is -0.0476. The number of halogens is 1. The maximum absolute atomic E-state index is 12.4. The summed E-state index contributed by atoms with van der Waals surface area (Å²) in [6.45, 7) is 4.78. The molecule has 8 heteroatoms. The Bertz CT molecular complexity index is 1200. The van der Waals surface area contributed by atoms with Gasteiger partial charge in [-0.25, -0.2) is 4.68 Å². The highest BCUT2D eigenvalue weighted by Gasteiger charge is 2.18. The van der Waals surface area contributed by atoms with Gasteiger partial charge in [-0.15, -0.1) is 0 Å². The van der Waals surface area contributed by atoms with Crippen LogP contribution in [0.25, 0.3) is 16.0 Å². The van der Waals surface area contributed by atoms with Crippen LogP contribution in [0.2, 0.25) is 0 Å². The predicted molar refractivity (Wildman–Crippen MR) is 125 cm³/mol. The van der Waals surface area contributed by atoms with E-state index in [4.69, 9.17) is 4.98 Å². The quantitative estimate of drug-likeness (QED) is 0.434. The Hall–Kier alpha value is -2.71. The molecule has 0 aliphatic heterocycles. The van der Waals surface area contributed by atoms with Gasteiger partial charge < -0.3 is 10.2 Å². The number of rotatable bonds is 6. The molecular weight excluding hydrogens is 462 g/mol. The third-order valence-electron chi connectivity index (χ3n) is 4.74. The Labute approximate surface area is 187 Å². The summed E-state index contributed by atoms with van der Waals surface area (Å²) in [5.41, 5.74) is 4.98. The van der Waals surface area contributed by atoms with Crippen LogP contribution in [0.15, 0.2) is 53.0 Å². The van der Waals surface area contributed by atoms with Gasteiger partial charge in [0.15, 0.2) is 10.8 Å². The monoisotopic (exact) mass is 483 g/mol. The topological polar surface area (TPSA) is 63.1 Å². The number of aryl methyl sites for hydroxylation is 2. The number of nitrogens with one attached hydrogen (secondary N) is 1. The number of carbonyl (C=O) groups is 1. The maximum atomic E-state index is 12.4. The van der Waals surface area contributed by atoms with Crippen molar-refractivity contribution in [3.8, 4) is 5.69 Å². The molecule has 0 spiro atoms. The third kappa shape index (κ3) is 4.39. The Morgan fingerprint density at radius 1 is 1.20 bits per heavy atom. The summed E-state index contributed by atoms with van der Waals surface area (Å²) in [6, 6.07) is 16.1. The lowest BCUT2D eigenvalue weighted by Crippen LogP contribution is -2.34. The zero-order valence-electron chi connectivity index (χ0n) is 17.0. The number of hydrogen-bond donors (Lipinski definition) is 1. The number of thiazole rings is 1. The fourth-order valence-electron chi connectivity index (χ4n) is 3.14. The molecule has 2 aromatic carbocycles. The highest BCUT2D eigenvalue weighted by molar-refractivity contribution is 9.10. The van der Waals surface area contributed by atoms with E-state index in [-0.39, 0.29) is 12.5 Å². The van der Waals surface area contributed by atoms with E-state index in [9.17, 15) is 4.79 Å². The first-order valence-corrected chi connectivity index (χ1v) is 11.2. The predicted octanol–water partition coefficient (Wildman–Crippen LogP) is 4.61. The number of fused-ring (bicyclic) bond motifs is 1. The lowest BCUT2D eigenvalue weighted by molar-refractivity contribution is -0.119. The van der Waals surface area contributed by atoms with Crippen LogP contribution in [0.5, 0.6) is 0 Å². The fourth-order valence-corrected chi connectivity index (χ4v) is 4.53. The molecule has 4 rings (SSSR count). The van der Waals surface area contributed by atoms with Crippen LogP contribution < -0.4 is 10.2 Å². The molecule has 0 atom stereocenters. The van der Waals surface area contributed by atoms with Gasteiger partial charge in [-0.2, -0.15) is 10.1 Å². The van der Waals surface area contributed by atoms with Crippen LogP contribution >= 0.6 is 27.3 Å². The summed E-state index contributed by atoms with van der Waals surface area (Å²) >= 11 is 5.00. The lowest BCUT2D eigenvalue weighted by atomic mass is 10.2. The number of benzene rings is 2. The SMILES string of the molecule is Cc1ccc(-n2nc(C)c3sc(N(C)CC(=O)NCc4cccc(Br)c4)nc32)cc1. The zero-order valence-corrected chi connectivity index (χ0v) is 19.4. The number of aromatic nitrogens is 3. The number of amides is 1. The molecule has 0 fully saturated rings. The van der Waals surface area contributed by atoms with Crippen molar-refractivity contribution < 1.29 is 4.79 Å². The van der Waals surface area contributed by atoms with Gasteiger partial charge in [0.1, 0.15) is 0 Å². The van der Waals surface area contributed by atoms with E-state index in [1.165, 1.54) is 5.56 Å². The zero-order chi connectivity index (χ0) is 21.3. The van der Waals surface area contributed by atoms with E-state index in [1.807, 2.05) is 60.0 Å². The Kier molecular flexibility index (Phi) is 5.87. The van der Waals surface area contributed by atoms with Crippen molar-refractivity contribution in [2.75, 3.05) is 18.5 Å². The highest BCUT2D eigenvalue weighted by Crippen LogP contribution is 2.32. The number of hydrogen-bond acceptors (Lipinski definition) is 5. The minimum absolute atomic E-state index is 0.0476. The van der Waals surface area contributed by atoms with Crippen molar-refractivity contribution in [1.29, 1.82) is 0 Å². The summed E-state index contributed by atoms with van der Waals surface area (Å²) in [5, 5.41) is 8.41. The molecule has 0 saturated carbocycles. The molecule has 0 radical (unpaired) electrons. The number of carbonyl (C=O) groups excluding carboxylic acids is 1. The molecule has 0 aliphatic rings.